The lowest BCUT2D eigenvalue weighted by Gasteiger charge is -2.14. The van der Waals surface area contributed by atoms with Gasteiger partial charge in [0.2, 0.25) is 5.75 Å². The first-order chi connectivity index (χ1) is 9.67. The van der Waals surface area contributed by atoms with Crippen LogP contribution in [0, 0.1) is 0 Å². The third-order valence-electron chi connectivity index (χ3n) is 3.09. The molecule has 0 unspecified atom stereocenters. The van der Waals surface area contributed by atoms with Gasteiger partial charge >= 0.3 is 6.03 Å². The van der Waals surface area contributed by atoms with Crippen molar-refractivity contribution in [2.45, 2.75) is 25.4 Å². The zero-order valence-corrected chi connectivity index (χ0v) is 12.0. The van der Waals surface area contributed by atoms with Crippen LogP contribution in [0.4, 0.5) is 4.79 Å². The summed E-state index contributed by atoms with van der Waals surface area (Å²) in [6, 6.07) is 3.83. The fourth-order valence-electron chi connectivity index (χ4n) is 1.88. The van der Waals surface area contributed by atoms with Crippen LogP contribution in [0.5, 0.6) is 17.2 Å². The SMILES string of the molecule is COc1cc(CNC(=O)NC2CC2)cc(OC)c1OC. The summed E-state index contributed by atoms with van der Waals surface area (Å²) < 4.78 is 15.8. The van der Waals surface area contributed by atoms with E-state index in [2.05, 4.69) is 10.6 Å². The van der Waals surface area contributed by atoms with Crippen LogP contribution in [0.1, 0.15) is 18.4 Å². The van der Waals surface area contributed by atoms with Gasteiger partial charge in [-0.3, -0.25) is 0 Å². The monoisotopic (exact) mass is 280 g/mol. The number of methoxy groups -OCH3 is 3. The van der Waals surface area contributed by atoms with E-state index in [1.54, 1.807) is 21.3 Å². The van der Waals surface area contributed by atoms with Gasteiger partial charge in [-0.15, -0.1) is 0 Å². The fourth-order valence-corrected chi connectivity index (χ4v) is 1.88. The molecule has 110 valence electrons. The van der Waals surface area contributed by atoms with Crippen LogP contribution in [-0.2, 0) is 6.54 Å². The molecule has 0 atom stereocenters. The Balaban J connectivity index is 2.04. The van der Waals surface area contributed by atoms with Gasteiger partial charge in [0.1, 0.15) is 0 Å². The van der Waals surface area contributed by atoms with Crippen LogP contribution in [-0.4, -0.2) is 33.4 Å². The zero-order chi connectivity index (χ0) is 14.5. The molecule has 0 saturated heterocycles. The quantitative estimate of drug-likeness (QED) is 0.831. The summed E-state index contributed by atoms with van der Waals surface area (Å²) in [6.45, 7) is 0.398. The second kappa shape index (κ2) is 6.36. The van der Waals surface area contributed by atoms with Gasteiger partial charge in [-0.25, -0.2) is 4.79 Å². The first-order valence-electron chi connectivity index (χ1n) is 6.51. The molecule has 6 nitrogen and oxygen atoms in total. The lowest BCUT2D eigenvalue weighted by molar-refractivity contribution is 0.240. The van der Waals surface area contributed by atoms with E-state index in [9.17, 15) is 4.79 Å². The van der Waals surface area contributed by atoms with E-state index in [1.165, 1.54) is 0 Å². The number of urea groups is 1. The van der Waals surface area contributed by atoms with E-state index >= 15 is 0 Å². The average Bonchev–Trinajstić information content (AvgIpc) is 3.27. The van der Waals surface area contributed by atoms with Gasteiger partial charge in [0.15, 0.2) is 11.5 Å². The van der Waals surface area contributed by atoms with Crippen LogP contribution in [0.2, 0.25) is 0 Å². The number of hydrogen-bond donors (Lipinski definition) is 2. The lowest BCUT2D eigenvalue weighted by atomic mass is 10.2. The maximum atomic E-state index is 11.6. The third-order valence-corrected chi connectivity index (χ3v) is 3.09. The normalized spacial score (nSPS) is 13.6. The molecule has 0 bridgehead atoms. The molecule has 1 saturated carbocycles. The molecule has 6 heteroatoms. The molecule has 0 aromatic heterocycles. The molecule has 1 aromatic carbocycles. The summed E-state index contributed by atoms with van der Waals surface area (Å²) in [6.07, 6.45) is 2.13. The molecule has 0 radical (unpaired) electrons. The minimum atomic E-state index is -0.152. The van der Waals surface area contributed by atoms with Crippen LogP contribution in [0.3, 0.4) is 0 Å². The van der Waals surface area contributed by atoms with E-state index in [1.807, 2.05) is 12.1 Å². The zero-order valence-electron chi connectivity index (χ0n) is 12.0. The summed E-state index contributed by atoms with van der Waals surface area (Å²) >= 11 is 0. The van der Waals surface area contributed by atoms with Crippen molar-refractivity contribution in [3.63, 3.8) is 0 Å². The summed E-state index contributed by atoms with van der Waals surface area (Å²) in [5.41, 5.74) is 0.880. The van der Waals surface area contributed by atoms with Crippen LogP contribution in [0.15, 0.2) is 12.1 Å². The molecule has 2 rings (SSSR count). The molecule has 0 spiro atoms. The minimum Gasteiger partial charge on any atom is -0.493 e. The van der Waals surface area contributed by atoms with Crippen molar-refractivity contribution in [2.24, 2.45) is 0 Å². The molecule has 0 heterocycles. The Labute approximate surface area is 118 Å². The summed E-state index contributed by atoms with van der Waals surface area (Å²) in [5, 5.41) is 5.68. The van der Waals surface area contributed by atoms with Gasteiger partial charge in [-0.2, -0.15) is 0 Å². The highest BCUT2D eigenvalue weighted by molar-refractivity contribution is 5.74. The predicted octanol–water partition coefficient (Wildman–Crippen LogP) is 1.67. The van der Waals surface area contributed by atoms with Crippen molar-refractivity contribution in [1.29, 1.82) is 0 Å². The Morgan fingerprint density at radius 3 is 2.20 bits per heavy atom. The van der Waals surface area contributed by atoms with Crippen LogP contribution in [0.25, 0.3) is 0 Å². The van der Waals surface area contributed by atoms with Crippen LogP contribution >= 0.6 is 0 Å². The number of hydrogen-bond acceptors (Lipinski definition) is 4. The number of rotatable bonds is 6. The summed E-state index contributed by atoms with van der Waals surface area (Å²) in [4.78, 5) is 11.6. The highest BCUT2D eigenvalue weighted by Gasteiger charge is 2.23. The number of amides is 2. The number of carbonyl (C=O) groups excluding carboxylic acids is 1. The van der Waals surface area contributed by atoms with Crippen molar-refractivity contribution in [3.05, 3.63) is 17.7 Å². The van der Waals surface area contributed by atoms with E-state index in [-0.39, 0.29) is 6.03 Å². The highest BCUT2D eigenvalue weighted by Crippen LogP contribution is 2.38. The van der Waals surface area contributed by atoms with Crippen molar-refractivity contribution in [2.75, 3.05) is 21.3 Å². The Morgan fingerprint density at radius 2 is 1.75 bits per heavy atom. The second-order valence-corrected chi connectivity index (χ2v) is 4.63. The molecule has 1 aliphatic rings. The lowest BCUT2D eigenvalue weighted by Crippen LogP contribution is -2.36. The summed E-state index contributed by atoms with van der Waals surface area (Å²) in [7, 11) is 4.68. The maximum absolute atomic E-state index is 11.6. The number of carbonyl (C=O) groups is 1. The first kappa shape index (κ1) is 14.3. The third kappa shape index (κ3) is 3.46. The standard InChI is InChI=1S/C14H20N2O4/c1-18-11-6-9(7-12(19-2)13(11)20-3)8-15-14(17)16-10-4-5-10/h6-7,10H,4-5,8H2,1-3H3,(H2,15,16,17). The van der Waals surface area contributed by atoms with Crippen molar-refractivity contribution in [1.82, 2.24) is 10.6 Å². The molecular formula is C14H20N2O4. The van der Waals surface area contributed by atoms with Gasteiger partial charge in [0.05, 0.1) is 21.3 Å². The predicted molar refractivity (Wildman–Crippen MR) is 74.5 cm³/mol. The van der Waals surface area contributed by atoms with E-state index < -0.39 is 0 Å². The molecule has 0 aliphatic heterocycles. The smallest absolute Gasteiger partial charge is 0.315 e. The average molecular weight is 280 g/mol. The van der Waals surface area contributed by atoms with Crippen molar-refractivity contribution < 1.29 is 19.0 Å². The number of ether oxygens (including phenoxy) is 3. The number of benzene rings is 1. The molecular weight excluding hydrogens is 260 g/mol. The number of nitrogens with one attached hydrogen (secondary N) is 2. The van der Waals surface area contributed by atoms with Gasteiger partial charge in [-0.05, 0) is 30.5 Å². The van der Waals surface area contributed by atoms with E-state index in [0.717, 1.165) is 18.4 Å². The van der Waals surface area contributed by atoms with Crippen molar-refractivity contribution in [3.8, 4) is 17.2 Å². The first-order valence-corrected chi connectivity index (χ1v) is 6.51. The maximum Gasteiger partial charge on any atom is 0.315 e. The Bertz CT molecular complexity index is 461. The highest BCUT2D eigenvalue weighted by atomic mass is 16.5. The van der Waals surface area contributed by atoms with Gasteiger partial charge in [0.25, 0.3) is 0 Å². The Morgan fingerprint density at radius 1 is 1.15 bits per heavy atom. The van der Waals surface area contributed by atoms with E-state index in [4.69, 9.17) is 14.2 Å². The molecule has 1 fully saturated rings. The van der Waals surface area contributed by atoms with Crippen LogP contribution < -0.4 is 24.8 Å². The van der Waals surface area contributed by atoms with Gasteiger partial charge < -0.3 is 24.8 Å². The van der Waals surface area contributed by atoms with Crippen molar-refractivity contribution >= 4 is 6.03 Å². The Hall–Kier alpha value is -2.11. The molecule has 2 amide bonds. The second-order valence-electron chi connectivity index (χ2n) is 4.63. The van der Waals surface area contributed by atoms with E-state index in [0.29, 0.717) is 29.8 Å². The fraction of sp³-hybridized carbons (Fsp3) is 0.500. The summed E-state index contributed by atoms with van der Waals surface area (Å²) in [5.74, 6) is 1.69. The largest absolute Gasteiger partial charge is 0.493 e. The molecule has 1 aliphatic carbocycles. The van der Waals surface area contributed by atoms with Gasteiger partial charge in [-0.1, -0.05) is 0 Å². The molecule has 1 aromatic rings. The molecule has 2 N–H and O–H groups in total. The van der Waals surface area contributed by atoms with Gasteiger partial charge in [0, 0.05) is 12.6 Å². The Kier molecular flexibility index (Phi) is 4.55. The minimum absolute atomic E-state index is 0.152. The topological polar surface area (TPSA) is 68.8 Å². The molecule has 20 heavy (non-hydrogen) atoms.